The van der Waals surface area contributed by atoms with Crippen molar-refractivity contribution in [2.45, 2.75) is 25.0 Å². The molecule has 4 N–H and O–H groups in total. The van der Waals surface area contributed by atoms with Crippen LogP contribution in [-0.4, -0.2) is 47.5 Å². The minimum absolute atomic E-state index is 0.00560. The number of hydrogen-bond acceptors (Lipinski definition) is 8. The molecule has 0 saturated heterocycles. The lowest BCUT2D eigenvalue weighted by atomic mass is 9.99. The molecule has 0 aliphatic carbocycles. The molecule has 10 heteroatoms. The Bertz CT molecular complexity index is 1230. The summed E-state index contributed by atoms with van der Waals surface area (Å²) in [4.78, 5) is 36.9. The monoisotopic (exact) mass is 534 g/mol. The number of hydrogen-bond donors (Lipinski definition) is 4. The first-order chi connectivity index (χ1) is 19.0. The molecule has 0 unspecified atom stereocenters. The number of benzene rings is 3. The normalized spacial score (nSPS) is 12.3. The van der Waals surface area contributed by atoms with Gasteiger partial charge in [-0.05, 0) is 43.2 Å². The van der Waals surface area contributed by atoms with Gasteiger partial charge >= 0.3 is 6.09 Å². The van der Waals surface area contributed by atoms with Crippen LogP contribution in [0.2, 0.25) is 0 Å². The highest BCUT2D eigenvalue weighted by Crippen LogP contribution is 2.34. The molecule has 0 fully saturated rings. The van der Waals surface area contributed by atoms with Gasteiger partial charge in [0, 0.05) is 17.2 Å². The third-order valence-corrected chi connectivity index (χ3v) is 5.43. The number of rotatable bonds is 13. The van der Waals surface area contributed by atoms with Gasteiger partial charge in [0.25, 0.3) is 11.8 Å². The Morgan fingerprint density at radius 2 is 1.56 bits per heavy atom. The Kier molecular flexibility index (Phi) is 11.5. The molecule has 3 aromatic rings. The van der Waals surface area contributed by atoms with Gasteiger partial charge in [-0.25, -0.2) is 10.3 Å². The summed E-state index contributed by atoms with van der Waals surface area (Å²) < 4.78 is 17.7. The summed E-state index contributed by atoms with van der Waals surface area (Å²) in [5.74, 6) is -0.467. The van der Waals surface area contributed by atoms with E-state index in [2.05, 4.69) is 5.32 Å². The Balaban J connectivity index is 1.93. The maximum absolute atomic E-state index is 13.0. The van der Waals surface area contributed by atoms with Gasteiger partial charge in [-0.15, -0.1) is 0 Å². The van der Waals surface area contributed by atoms with Crippen LogP contribution in [0.4, 0.5) is 4.79 Å². The lowest BCUT2D eigenvalue weighted by Gasteiger charge is -2.29. The van der Waals surface area contributed by atoms with E-state index in [1.54, 1.807) is 78.9 Å². The molecule has 0 aromatic heterocycles. The number of hydroxylamine groups is 1. The minimum atomic E-state index is -1.07. The van der Waals surface area contributed by atoms with Crippen molar-refractivity contribution in [1.29, 1.82) is 0 Å². The summed E-state index contributed by atoms with van der Waals surface area (Å²) in [5.41, 5.74) is 2.25. The van der Waals surface area contributed by atoms with Crippen LogP contribution in [0, 0.1) is 0 Å². The van der Waals surface area contributed by atoms with Crippen LogP contribution >= 0.6 is 0 Å². The van der Waals surface area contributed by atoms with Crippen molar-refractivity contribution in [3.63, 3.8) is 0 Å². The lowest BCUT2D eigenvalue weighted by Crippen LogP contribution is -2.36. The number of carbonyl (C=O) groups is 3. The largest absolute Gasteiger partial charge is 0.491 e. The van der Waals surface area contributed by atoms with E-state index < -0.39 is 30.1 Å². The predicted molar refractivity (Wildman–Crippen MR) is 141 cm³/mol. The minimum Gasteiger partial charge on any atom is -0.491 e. The van der Waals surface area contributed by atoms with Crippen molar-refractivity contribution in [3.05, 3.63) is 108 Å². The van der Waals surface area contributed by atoms with E-state index in [-0.39, 0.29) is 25.2 Å². The predicted octanol–water partition coefficient (Wildman–Crippen LogP) is 3.95. The number of allylic oxidation sites excluding steroid dienone is 1. The first-order valence-corrected chi connectivity index (χ1v) is 12.2. The highest BCUT2D eigenvalue weighted by Gasteiger charge is 2.32. The Hall–Kier alpha value is -4.67. The fraction of sp³-hybridized carbons (Fsp3) is 0.207. The van der Waals surface area contributed by atoms with Gasteiger partial charge in [-0.2, -0.15) is 0 Å². The zero-order chi connectivity index (χ0) is 27.9. The molecule has 10 nitrogen and oxygen atoms in total. The number of ether oxygens (including phenoxy) is 3. The molecule has 204 valence electrons. The van der Waals surface area contributed by atoms with Gasteiger partial charge in [0.05, 0.1) is 6.61 Å². The van der Waals surface area contributed by atoms with E-state index >= 15 is 0 Å². The van der Waals surface area contributed by atoms with Crippen LogP contribution < -0.4 is 20.3 Å². The number of aliphatic hydroxyl groups excluding tert-OH is 1. The number of aliphatic hydroxyl groups is 1. The number of amides is 3. The van der Waals surface area contributed by atoms with Crippen molar-refractivity contribution in [1.82, 2.24) is 10.8 Å². The third-order valence-electron chi connectivity index (χ3n) is 5.43. The lowest BCUT2D eigenvalue weighted by molar-refractivity contribution is -0.124. The van der Waals surface area contributed by atoms with Gasteiger partial charge in [-0.1, -0.05) is 60.7 Å². The Morgan fingerprint density at radius 1 is 0.897 bits per heavy atom. The molecule has 0 spiro atoms. The number of para-hydroxylation sites is 2. The molecule has 2 atom stereocenters. The summed E-state index contributed by atoms with van der Waals surface area (Å²) in [6.07, 6.45) is 0.422. The number of alkyl carbamates (subject to hydrolysis) is 1. The molecule has 3 amide bonds. The van der Waals surface area contributed by atoms with Crippen molar-refractivity contribution in [3.8, 4) is 11.5 Å². The molecule has 0 saturated carbocycles. The van der Waals surface area contributed by atoms with E-state index in [0.29, 0.717) is 23.5 Å². The molecule has 3 rings (SSSR count). The van der Waals surface area contributed by atoms with Crippen LogP contribution in [0.1, 0.15) is 34.9 Å². The standard InChI is InChI=1S/C29H30N2O8/c32-19-20-37-24-16-8-7-15-23(24)27(39-29(35)30-28(34)21-11-3-1-4-12-21)25(17-9-10-18-26(33)31-36)38-22-13-5-2-6-14-22/h1-8,10-16,18,25,27,32,36H,9,17,19-20H2,(H,31,33)(H,30,34,35)/b18-10+/t25-,27-/m1/s1. The van der Waals surface area contributed by atoms with Gasteiger partial charge in [-0.3, -0.25) is 20.1 Å². The first kappa shape index (κ1) is 28.9. The summed E-state index contributed by atoms with van der Waals surface area (Å²) in [6, 6.07) is 23.9. The second-order valence-corrected chi connectivity index (χ2v) is 8.18. The second-order valence-electron chi connectivity index (χ2n) is 8.18. The van der Waals surface area contributed by atoms with E-state index in [1.165, 1.54) is 17.6 Å². The number of carbonyl (C=O) groups excluding carboxylic acids is 3. The summed E-state index contributed by atoms with van der Waals surface area (Å²) in [5, 5.41) is 20.2. The number of imide groups is 1. The summed E-state index contributed by atoms with van der Waals surface area (Å²) in [6.45, 7) is -0.223. The van der Waals surface area contributed by atoms with Crippen LogP contribution in [0.25, 0.3) is 0 Å². The van der Waals surface area contributed by atoms with Crippen molar-refractivity contribution in [2.24, 2.45) is 0 Å². The van der Waals surface area contributed by atoms with Crippen molar-refractivity contribution >= 4 is 17.9 Å². The average molecular weight is 535 g/mol. The van der Waals surface area contributed by atoms with E-state index in [1.807, 2.05) is 6.07 Å². The number of nitrogens with one attached hydrogen (secondary N) is 2. The molecule has 0 aliphatic heterocycles. The zero-order valence-electron chi connectivity index (χ0n) is 21.1. The second kappa shape index (κ2) is 15.6. The molecule has 0 bridgehead atoms. The molecule has 0 aliphatic rings. The van der Waals surface area contributed by atoms with E-state index in [0.717, 1.165) is 0 Å². The fourth-order valence-corrected chi connectivity index (χ4v) is 3.68. The molecule has 0 radical (unpaired) electrons. The van der Waals surface area contributed by atoms with Crippen LogP contribution in [-0.2, 0) is 9.53 Å². The van der Waals surface area contributed by atoms with Crippen molar-refractivity contribution < 1.29 is 38.9 Å². The molecule has 0 heterocycles. The fourth-order valence-electron chi connectivity index (χ4n) is 3.68. The molecular weight excluding hydrogens is 504 g/mol. The van der Waals surface area contributed by atoms with Gasteiger partial charge < -0.3 is 19.3 Å². The Morgan fingerprint density at radius 3 is 2.26 bits per heavy atom. The van der Waals surface area contributed by atoms with Gasteiger partial charge in [0.2, 0.25) is 0 Å². The van der Waals surface area contributed by atoms with Crippen LogP contribution in [0.3, 0.4) is 0 Å². The molecule has 3 aromatic carbocycles. The highest BCUT2D eigenvalue weighted by molar-refractivity contribution is 6.02. The molecular formula is C29H30N2O8. The van der Waals surface area contributed by atoms with E-state index in [4.69, 9.17) is 19.4 Å². The van der Waals surface area contributed by atoms with E-state index in [9.17, 15) is 19.5 Å². The van der Waals surface area contributed by atoms with Gasteiger partial charge in [0.1, 0.15) is 24.2 Å². The maximum atomic E-state index is 13.0. The van der Waals surface area contributed by atoms with Crippen molar-refractivity contribution in [2.75, 3.05) is 13.2 Å². The average Bonchev–Trinajstić information content (AvgIpc) is 2.97. The Labute approximate surface area is 225 Å². The third kappa shape index (κ3) is 9.29. The quantitative estimate of drug-likeness (QED) is 0.147. The van der Waals surface area contributed by atoms with Gasteiger partial charge in [0.15, 0.2) is 6.10 Å². The topological polar surface area (TPSA) is 143 Å². The SMILES string of the molecule is O=C(/C=C/CC[C@@H](Oc1ccccc1)[C@H](OC(=O)NC(=O)c1ccccc1)c1ccccc1OCCO)NO. The molecule has 39 heavy (non-hydrogen) atoms. The smallest absolute Gasteiger partial charge is 0.414 e. The maximum Gasteiger partial charge on any atom is 0.414 e. The first-order valence-electron chi connectivity index (χ1n) is 12.2. The summed E-state index contributed by atoms with van der Waals surface area (Å²) >= 11 is 0. The summed E-state index contributed by atoms with van der Waals surface area (Å²) in [7, 11) is 0. The zero-order valence-corrected chi connectivity index (χ0v) is 21.1. The van der Waals surface area contributed by atoms with Crippen LogP contribution in [0.5, 0.6) is 11.5 Å². The highest BCUT2D eigenvalue weighted by atomic mass is 16.6. The van der Waals surface area contributed by atoms with Crippen LogP contribution in [0.15, 0.2) is 97.1 Å².